The number of carbonyl (C=O) groups is 2. The zero-order valence-electron chi connectivity index (χ0n) is 15.8. The topological polar surface area (TPSA) is 117 Å². The molecule has 3 aromatic rings. The smallest absolute Gasteiger partial charge is 0.276 e. The average molecular weight is 430 g/mol. The summed E-state index contributed by atoms with van der Waals surface area (Å²) in [6.45, 7) is 1.94. The fourth-order valence-corrected chi connectivity index (χ4v) is 3.60. The van der Waals surface area contributed by atoms with Crippen molar-refractivity contribution in [2.24, 2.45) is 0 Å². The van der Waals surface area contributed by atoms with Crippen molar-refractivity contribution in [1.29, 1.82) is 0 Å². The van der Waals surface area contributed by atoms with Gasteiger partial charge >= 0.3 is 0 Å². The van der Waals surface area contributed by atoms with Gasteiger partial charge in [0.1, 0.15) is 11.5 Å². The standard InChI is InChI=1S/C19H19N5O3S2/c1-11(25)20-8-12-3-5-13(6-4-12)15-9-29-19(22-15)24-18(27)14-7-17(26)23-16(21-14)10-28-2/h3-7,9H,8,10H2,1-2H3,(H,20,25)(H,21,23,26)(H,22,24,27). The normalized spacial score (nSPS) is 10.6. The van der Waals surface area contributed by atoms with Gasteiger partial charge in [0.15, 0.2) is 5.13 Å². The molecule has 0 unspecified atom stereocenters. The van der Waals surface area contributed by atoms with E-state index in [1.54, 1.807) is 0 Å². The molecule has 2 amide bonds. The predicted octanol–water partition coefficient (Wildman–Crippen LogP) is 2.64. The molecule has 0 atom stereocenters. The molecule has 0 radical (unpaired) electrons. The SMILES string of the molecule is CSCc1nc(C(=O)Nc2nc(-c3ccc(CNC(C)=O)cc3)cs2)cc(=O)[nH]1. The number of nitrogens with zero attached hydrogens (tertiary/aromatic N) is 2. The summed E-state index contributed by atoms with van der Waals surface area (Å²) in [7, 11) is 0. The van der Waals surface area contributed by atoms with Crippen LogP contribution in [0.4, 0.5) is 5.13 Å². The van der Waals surface area contributed by atoms with Crippen molar-refractivity contribution < 1.29 is 9.59 Å². The number of benzene rings is 1. The first-order chi connectivity index (χ1) is 13.9. The van der Waals surface area contributed by atoms with Crippen molar-refractivity contribution >= 4 is 40.0 Å². The quantitative estimate of drug-likeness (QED) is 0.532. The molecule has 10 heteroatoms. The van der Waals surface area contributed by atoms with Crippen molar-refractivity contribution in [2.75, 3.05) is 11.6 Å². The van der Waals surface area contributed by atoms with Gasteiger partial charge in [-0.15, -0.1) is 11.3 Å². The lowest BCUT2D eigenvalue weighted by molar-refractivity contribution is -0.119. The maximum atomic E-state index is 12.4. The van der Waals surface area contributed by atoms with Crippen LogP contribution >= 0.6 is 23.1 Å². The highest BCUT2D eigenvalue weighted by atomic mass is 32.2. The first-order valence-electron chi connectivity index (χ1n) is 8.64. The zero-order valence-corrected chi connectivity index (χ0v) is 17.4. The molecular weight excluding hydrogens is 410 g/mol. The van der Waals surface area contributed by atoms with Crippen molar-refractivity contribution in [3.63, 3.8) is 0 Å². The van der Waals surface area contributed by atoms with E-state index in [-0.39, 0.29) is 17.2 Å². The second-order valence-electron chi connectivity index (χ2n) is 6.11. The molecule has 2 aromatic heterocycles. The van der Waals surface area contributed by atoms with E-state index >= 15 is 0 Å². The van der Waals surface area contributed by atoms with Crippen LogP contribution in [0.3, 0.4) is 0 Å². The number of hydrogen-bond acceptors (Lipinski definition) is 7. The van der Waals surface area contributed by atoms with Crippen LogP contribution in [0.1, 0.15) is 28.8 Å². The number of rotatable bonds is 7. The van der Waals surface area contributed by atoms with Crippen LogP contribution in [0.2, 0.25) is 0 Å². The van der Waals surface area contributed by atoms with Gasteiger partial charge in [0.05, 0.1) is 11.4 Å². The molecule has 29 heavy (non-hydrogen) atoms. The van der Waals surface area contributed by atoms with E-state index in [1.807, 2.05) is 35.9 Å². The number of thioether (sulfide) groups is 1. The Kier molecular flexibility index (Phi) is 6.78. The maximum Gasteiger partial charge on any atom is 0.276 e. The summed E-state index contributed by atoms with van der Waals surface area (Å²) < 4.78 is 0. The number of aromatic nitrogens is 3. The maximum absolute atomic E-state index is 12.4. The molecule has 1 aromatic carbocycles. The van der Waals surface area contributed by atoms with E-state index < -0.39 is 5.91 Å². The zero-order chi connectivity index (χ0) is 20.8. The largest absolute Gasteiger partial charge is 0.352 e. The molecule has 0 spiro atoms. The van der Waals surface area contributed by atoms with Crippen LogP contribution in [-0.2, 0) is 17.1 Å². The van der Waals surface area contributed by atoms with Crippen molar-refractivity contribution in [2.45, 2.75) is 19.2 Å². The van der Waals surface area contributed by atoms with E-state index in [1.165, 1.54) is 36.1 Å². The fourth-order valence-electron chi connectivity index (χ4n) is 2.47. The molecule has 3 rings (SSSR count). The molecule has 0 aliphatic heterocycles. The van der Waals surface area contributed by atoms with Crippen LogP contribution in [0.5, 0.6) is 0 Å². The molecule has 2 heterocycles. The van der Waals surface area contributed by atoms with Crippen LogP contribution in [0.15, 0.2) is 40.5 Å². The van der Waals surface area contributed by atoms with Crippen LogP contribution in [0, 0.1) is 0 Å². The number of hydrogen-bond donors (Lipinski definition) is 3. The van der Waals surface area contributed by atoms with Gasteiger partial charge in [0, 0.05) is 30.5 Å². The Morgan fingerprint density at radius 1 is 1.21 bits per heavy atom. The molecule has 0 aliphatic rings. The van der Waals surface area contributed by atoms with Gasteiger partial charge in [-0.3, -0.25) is 19.7 Å². The van der Waals surface area contributed by atoms with Crippen LogP contribution in [0.25, 0.3) is 11.3 Å². The van der Waals surface area contributed by atoms with Gasteiger partial charge in [-0.25, -0.2) is 9.97 Å². The van der Waals surface area contributed by atoms with Gasteiger partial charge in [0.2, 0.25) is 5.91 Å². The van der Waals surface area contributed by atoms with Gasteiger partial charge in [0.25, 0.3) is 11.5 Å². The van der Waals surface area contributed by atoms with Gasteiger partial charge < -0.3 is 10.3 Å². The second kappa shape index (κ2) is 9.48. The molecule has 0 bridgehead atoms. The number of aromatic amines is 1. The summed E-state index contributed by atoms with van der Waals surface area (Å²) in [5, 5.41) is 7.69. The third kappa shape index (κ3) is 5.75. The van der Waals surface area contributed by atoms with E-state index in [0.717, 1.165) is 16.8 Å². The summed E-state index contributed by atoms with van der Waals surface area (Å²) in [5.41, 5.74) is 2.28. The van der Waals surface area contributed by atoms with Crippen LogP contribution in [-0.4, -0.2) is 33.0 Å². The molecule has 0 saturated heterocycles. The average Bonchev–Trinajstić information content (AvgIpc) is 3.15. The summed E-state index contributed by atoms with van der Waals surface area (Å²) in [6, 6.07) is 8.81. The van der Waals surface area contributed by atoms with E-state index in [9.17, 15) is 14.4 Å². The summed E-state index contributed by atoms with van der Waals surface area (Å²) in [4.78, 5) is 46.4. The van der Waals surface area contributed by atoms with E-state index in [0.29, 0.717) is 23.3 Å². The lowest BCUT2D eigenvalue weighted by Crippen LogP contribution is -2.20. The molecule has 3 N–H and O–H groups in total. The molecule has 150 valence electrons. The third-order valence-corrected chi connectivity index (χ3v) is 5.14. The Morgan fingerprint density at radius 2 is 1.97 bits per heavy atom. The number of amides is 2. The minimum absolute atomic E-state index is 0.0527. The summed E-state index contributed by atoms with van der Waals surface area (Å²) >= 11 is 2.79. The summed E-state index contributed by atoms with van der Waals surface area (Å²) in [5.74, 6) is 0.402. The molecule has 0 aliphatic carbocycles. The minimum atomic E-state index is -0.481. The summed E-state index contributed by atoms with van der Waals surface area (Å²) in [6.07, 6.45) is 1.89. The molecule has 8 nitrogen and oxygen atoms in total. The van der Waals surface area contributed by atoms with Crippen molar-refractivity contribution in [3.8, 4) is 11.3 Å². The number of carbonyl (C=O) groups excluding carboxylic acids is 2. The monoisotopic (exact) mass is 429 g/mol. The number of anilines is 1. The number of thiazole rings is 1. The Bertz CT molecular complexity index is 1080. The van der Waals surface area contributed by atoms with Crippen molar-refractivity contribution in [3.05, 3.63) is 63.1 Å². The highest BCUT2D eigenvalue weighted by molar-refractivity contribution is 7.97. The Morgan fingerprint density at radius 3 is 2.66 bits per heavy atom. The number of nitrogens with one attached hydrogen (secondary N) is 3. The van der Waals surface area contributed by atoms with E-state index in [2.05, 4.69) is 25.6 Å². The van der Waals surface area contributed by atoms with Gasteiger partial charge in [-0.2, -0.15) is 11.8 Å². The Balaban J connectivity index is 1.69. The molecule has 0 saturated carbocycles. The lowest BCUT2D eigenvalue weighted by Gasteiger charge is -2.04. The fraction of sp³-hybridized carbons (Fsp3) is 0.211. The minimum Gasteiger partial charge on any atom is -0.352 e. The van der Waals surface area contributed by atoms with E-state index in [4.69, 9.17) is 0 Å². The lowest BCUT2D eigenvalue weighted by atomic mass is 10.1. The molecular formula is C19H19N5O3S2. The Labute approximate surface area is 175 Å². The number of H-pyrrole nitrogens is 1. The Hall–Kier alpha value is -2.98. The third-order valence-electron chi connectivity index (χ3n) is 3.82. The molecule has 0 fully saturated rings. The second-order valence-corrected chi connectivity index (χ2v) is 7.83. The highest BCUT2D eigenvalue weighted by Crippen LogP contribution is 2.25. The first kappa shape index (κ1) is 20.7. The first-order valence-corrected chi connectivity index (χ1v) is 10.9. The highest BCUT2D eigenvalue weighted by Gasteiger charge is 2.13. The van der Waals surface area contributed by atoms with Crippen LogP contribution < -0.4 is 16.2 Å². The predicted molar refractivity (Wildman–Crippen MR) is 115 cm³/mol. The van der Waals surface area contributed by atoms with Gasteiger partial charge in [-0.1, -0.05) is 24.3 Å². The van der Waals surface area contributed by atoms with Crippen molar-refractivity contribution in [1.82, 2.24) is 20.3 Å². The van der Waals surface area contributed by atoms with Gasteiger partial charge in [-0.05, 0) is 11.8 Å².